The van der Waals surface area contributed by atoms with E-state index in [2.05, 4.69) is 43.5 Å². The van der Waals surface area contributed by atoms with Crippen LogP contribution in [0.15, 0.2) is 42.5 Å². The average Bonchev–Trinajstić information content (AvgIpc) is 2.97. The van der Waals surface area contributed by atoms with Gasteiger partial charge in [0.25, 0.3) is 0 Å². The number of rotatable bonds is 10. The van der Waals surface area contributed by atoms with Crippen molar-refractivity contribution in [1.29, 1.82) is 0 Å². The Kier molecular flexibility index (Phi) is 10.2. The highest BCUT2D eigenvalue weighted by molar-refractivity contribution is 7.80. The number of carbonyl (C=O) groups excluding carboxylic acids is 2. The van der Waals surface area contributed by atoms with E-state index in [9.17, 15) is 14.2 Å². The largest absolute Gasteiger partial charge is 0.497 e. The normalized spacial score (nSPS) is 24.1. The lowest BCUT2D eigenvalue weighted by atomic mass is 9.49. The summed E-state index contributed by atoms with van der Waals surface area (Å²) in [5, 5.41) is 5.97. The number of nitrogens with one attached hydrogen (secondary N) is 2. The third-order valence-corrected chi connectivity index (χ3v) is 11.8. The molecule has 1 fully saturated rings. The first kappa shape index (κ1) is 33.3. The second-order valence-corrected chi connectivity index (χ2v) is 14.8. The van der Waals surface area contributed by atoms with Gasteiger partial charge in [0.15, 0.2) is 16.7 Å². The van der Waals surface area contributed by atoms with Crippen molar-refractivity contribution in [2.75, 3.05) is 20.3 Å². The van der Waals surface area contributed by atoms with Crippen LogP contribution in [-0.4, -0.2) is 37.1 Å². The number of benzene rings is 2. The second-order valence-electron chi connectivity index (χ2n) is 12.3. The molecule has 4 atom stereocenters. The summed E-state index contributed by atoms with van der Waals surface area (Å²) in [6.45, 7) is 12.2. The van der Waals surface area contributed by atoms with E-state index in [0.29, 0.717) is 30.1 Å². The summed E-state index contributed by atoms with van der Waals surface area (Å²) in [6.07, 6.45) is 2.66. The number of Topliss-reactive ketones (excluding diaryl/α,β-unsaturated/α-hetero) is 1. The van der Waals surface area contributed by atoms with Crippen LogP contribution in [0.3, 0.4) is 0 Å². The van der Waals surface area contributed by atoms with Gasteiger partial charge in [-0.3, -0.25) is 14.2 Å². The zero-order valence-electron chi connectivity index (χ0n) is 26.3. The molecule has 0 saturated heterocycles. The Morgan fingerprint density at radius 3 is 2.40 bits per heavy atom. The first-order valence-electron chi connectivity index (χ1n) is 15.1. The van der Waals surface area contributed by atoms with Crippen molar-refractivity contribution in [2.24, 2.45) is 11.3 Å². The minimum atomic E-state index is -3.77. The maximum absolute atomic E-state index is 14.1. The standard InChI is InChI=1S/C33H45N2O6PS/c1-8-40-42(38,41-9-2)29(23-12-10-13-24(18-23)39-7)34-31(43)35-30(37)33(6)17-11-16-32(5)26-15-14-22(21(3)4)19-25(26)27(36)20-28(32)33/h10,12-15,18-19,21,28-29H,8-9,11,16-17,20H2,1-7H3,(H2,34,35,37,43)/t28?,29?,32-,33-/m1/s1. The molecule has 2 aliphatic rings. The SMILES string of the molecule is CCOP(=O)(OCC)C(NC(=S)NC(=O)[C@]1(C)CCC[C@]2(C)c3ccc(C(C)C)cc3C(=O)CC12)c1cccc(OC)c1. The van der Waals surface area contributed by atoms with Gasteiger partial charge in [-0.05, 0) is 91.0 Å². The van der Waals surface area contributed by atoms with E-state index >= 15 is 0 Å². The molecule has 43 heavy (non-hydrogen) atoms. The molecule has 2 aromatic rings. The molecule has 0 bridgehead atoms. The van der Waals surface area contributed by atoms with Crippen molar-refractivity contribution in [3.63, 3.8) is 0 Å². The third-order valence-electron chi connectivity index (χ3n) is 9.30. The minimum absolute atomic E-state index is 0.00932. The molecule has 234 valence electrons. The minimum Gasteiger partial charge on any atom is -0.497 e. The van der Waals surface area contributed by atoms with Crippen LogP contribution in [0.25, 0.3) is 0 Å². The number of hydrogen-bond acceptors (Lipinski definition) is 7. The van der Waals surface area contributed by atoms with E-state index in [0.717, 1.165) is 29.5 Å². The number of methoxy groups -OCH3 is 1. The molecule has 0 spiro atoms. The van der Waals surface area contributed by atoms with Crippen molar-refractivity contribution >= 4 is 36.6 Å². The van der Waals surface area contributed by atoms with Crippen LogP contribution in [0.1, 0.15) is 106 Å². The summed E-state index contributed by atoms with van der Waals surface area (Å²) in [6, 6.07) is 13.3. The fraction of sp³-hybridized carbons (Fsp3) is 0.545. The van der Waals surface area contributed by atoms with Gasteiger partial charge >= 0.3 is 7.60 Å². The Morgan fingerprint density at radius 1 is 1.07 bits per heavy atom. The third kappa shape index (κ3) is 6.46. The van der Waals surface area contributed by atoms with Crippen LogP contribution < -0.4 is 15.4 Å². The van der Waals surface area contributed by atoms with Gasteiger partial charge in [0.05, 0.1) is 25.7 Å². The highest BCUT2D eigenvalue weighted by atomic mass is 32.1. The highest BCUT2D eigenvalue weighted by Gasteiger charge is 2.57. The van der Waals surface area contributed by atoms with Gasteiger partial charge in [-0.15, -0.1) is 0 Å². The zero-order chi connectivity index (χ0) is 31.6. The van der Waals surface area contributed by atoms with Crippen LogP contribution in [-0.2, 0) is 23.8 Å². The van der Waals surface area contributed by atoms with Gasteiger partial charge in [-0.1, -0.05) is 58.4 Å². The smallest absolute Gasteiger partial charge is 0.357 e. The number of carbonyl (C=O) groups is 2. The molecule has 0 heterocycles. The van der Waals surface area contributed by atoms with E-state index in [1.807, 2.05) is 13.0 Å². The summed E-state index contributed by atoms with van der Waals surface area (Å²) in [4.78, 5) is 27.6. The van der Waals surface area contributed by atoms with Crippen molar-refractivity contribution in [2.45, 2.75) is 84.3 Å². The molecular formula is C33H45N2O6PS. The Hall–Kier alpha value is -2.58. The van der Waals surface area contributed by atoms with Crippen LogP contribution in [0.2, 0.25) is 0 Å². The van der Waals surface area contributed by atoms with Crippen LogP contribution in [0, 0.1) is 11.3 Å². The molecule has 0 aromatic heterocycles. The predicted molar refractivity (Wildman–Crippen MR) is 173 cm³/mol. The topological polar surface area (TPSA) is 103 Å². The van der Waals surface area contributed by atoms with Gasteiger partial charge in [0.1, 0.15) is 5.75 Å². The Balaban J connectivity index is 1.62. The molecule has 8 nitrogen and oxygen atoms in total. The highest BCUT2D eigenvalue weighted by Crippen LogP contribution is 2.60. The van der Waals surface area contributed by atoms with Crippen molar-refractivity contribution in [3.8, 4) is 5.75 Å². The average molecular weight is 629 g/mol. The van der Waals surface area contributed by atoms with Gasteiger partial charge in [0, 0.05) is 12.0 Å². The molecule has 2 unspecified atom stereocenters. The number of fused-ring (bicyclic) bond motifs is 3. The predicted octanol–water partition coefficient (Wildman–Crippen LogP) is 7.42. The second kappa shape index (κ2) is 13.2. The van der Waals surface area contributed by atoms with Crippen molar-refractivity contribution in [3.05, 3.63) is 64.7 Å². The van der Waals surface area contributed by atoms with Crippen molar-refractivity contribution in [1.82, 2.24) is 10.6 Å². The number of hydrogen-bond donors (Lipinski definition) is 2. The fourth-order valence-corrected chi connectivity index (χ4v) is 9.18. The number of ketones is 1. The molecule has 0 radical (unpaired) electrons. The number of ether oxygens (including phenoxy) is 1. The molecule has 2 N–H and O–H groups in total. The summed E-state index contributed by atoms with van der Waals surface area (Å²) in [5.41, 5.74) is 2.36. The van der Waals surface area contributed by atoms with Gasteiger partial charge in [0.2, 0.25) is 5.91 Å². The van der Waals surface area contributed by atoms with E-state index in [4.69, 9.17) is 26.0 Å². The first-order chi connectivity index (χ1) is 20.3. The molecule has 2 aliphatic carbocycles. The zero-order valence-corrected chi connectivity index (χ0v) is 28.0. The maximum atomic E-state index is 14.1. The number of amides is 1. The fourth-order valence-electron chi connectivity index (χ4n) is 6.97. The lowest BCUT2D eigenvalue weighted by Gasteiger charge is -2.54. The maximum Gasteiger partial charge on any atom is 0.357 e. The van der Waals surface area contributed by atoms with Gasteiger partial charge < -0.3 is 24.4 Å². The first-order valence-corrected chi connectivity index (χ1v) is 17.2. The number of thiocarbonyl (C=S) groups is 1. The van der Waals surface area contributed by atoms with E-state index < -0.39 is 18.8 Å². The van der Waals surface area contributed by atoms with Crippen molar-refractivity contribution < 1.29 is 27.9 Å². The molecule has 1 saturated carbocycles. The Bertz CT molecular complexity index is 1420. The molecule has 10 heteroatoms. The molecule has 1 amide bonds. The monoisotopic (exact) mass is 628 g/mol. The quantitative estimate of drug-likeness (QED) is 0.207. The summed E-state index contributed by atoms with van der Waals surface area (Å²) in [7, 11) is -2.22. The molecule has 4 rings (SSSR count). The summed E-state index contributed by atoms with van der Waals surface area (Å²) < 4.78 is 30.7. The van der Waals surface area contributed by atoms with E-state index in [-0.39, 0.29) is 41.3 Å². The van der Waals surface area contributed by atoms with Crippen LogP contribution in [0.5, 0.6) is 5.75 Å². The van der Waals surface area contributed by atoms with Gasteiger partial charge in [-0.25, -0.2) is 0 Å². The lowest BCUT2D eigenvalue weighted by Crippen LogP contribution is -2.57. The van der Waals surface area contributed by atoms with Crippen LogP contribution >= 0.6 is 19.8 Å². The summed E-state index contributed by atoms with van der Waals surface area (Å²) >= 11 is 5.65. The van der Waals surface area contributed by atoms with Gasteiger partial charge in [-0.2, -0.15) is 0 Å². The van der Waals surface area contributed by atoms with Crippen LogP contribution in [0.4, 0.5) is 0 Å². The van der Waals surface area contributed by atoms with E-state index in [1.165, 1.54) is 0 Å². The molecular weight excluding hydrogens is 583 g/mol. The Morgan fingerprint density at radius 2 is 1.77 bits per heavy atom. The molecule has 2 aromatic carbocycles. The lowest BCUT2D eigenvalue weighted by molar-refractivity contribution is -0.136. The summed E-state index contributed by atoms with van der Waals surface area (Å²) in [5.74, 6) is -0.486. The Labute approximate surface area is 261 Å². The molecule has 0 aliphatic heterocycles. The van der Waals surface area contributed by atoms with E-state index in [1.54, 1.807) is 45.2 Å².